The zero-order valence-electron chi connectivity index (χ0n) is 19.1. The number of fused-ring (bicyclic) bond motifs is 1. The number of hydrogen-bond donors (Lipinski definition) is 1. The monoisotopic (exact) mass is 510 g/mol. The number of amides is 2. The highest BCUT2D eigenvalue weighted by atomic mass is 19.4. The third-order valence-electron chi connectivity index (χ3n) is 6.19. The van der Waals surface area contributed by atoms with E-state index in [9.17, 15) is 32.0 Å². The molecule has 4 rings (SSSR count). The average molecular weight is 510 g/mol. The van der Waals surface area contributed by atoms with Gasteiger partial charge in [-0.05, 0) is 41.8 Å². The number of pyridine rings is 1. The Morgan fingerprint density at radius 2 is 1.61 bits per heavy atom. The third-order valence-corrected chi connectivity index (χ3v) is 6.19. The first kappa shape index (κ1) is 25.3. The Kier molecular flexibility index (Phi) is 6.59. The third kappa shape index (κ3) is 4.45. The van der Waals surface area contributed by atoms with Crippen molar-refractivity contribution in [3.8, 4) is 0 Å². The molecule has 1 atom stereocenters. The van der Waals surface area contributed by atoms with E-state index in [0.29, 0.717) is 10.5 Å². The zero-order chi connectivity index (χ0) is 26.3. The van der Waals surface area contributed by atoms with Crippen molar-refractivity contribution in [3.63, 3.8) is 0 Å². The van der Waals surface area contributed by atoms with Crippen LogP contribution in [0.4, 0.5) is 36.8 Å². The lowest BCUT2D eigenvalue weighted by Gasteiger charge is -2.51. The van der Waals surface area contributed by atoms with Crippen LogP contribution in [-0.4, -0.2) is 28.9 Å². The van der Waals surface area contributed by atoms with Crippen molar-refractivity contribution in [3.05, 3.63) is 95.1 Å². The number of aromatic nitrogens is 1. The van der Waals surface area contributed by atoms with Crippen molar-refractivity contribution < 1.29 is 41.1 Å². The SMILES string of the molecule is CCCC1(c2ccc(F)cc2)c2c(ccc(F)c2F)N(Cc2cc[n+](O)cc2)C(=O)N1CC(F)(F)F. The first-order valence-electron chi connectivity index (χ1n) is 11.1. The van der Waals surface area contributed by atoms with Gasteiger partial charge >= 0.3 is 12.2 Å². The number of urea groups is 1. The van der Waals surface area contributed by atoms with Crippen LogP contribution in [0, 0.1) is 17.5 Å². The molecule has 1 aliphatic rings. The molecular weight excluding hydrogens is 488 g/mol. The van der Waals surface area contributed by atoms with Gasteiger partial charge in [0.05, 0.1) is 12.2 Å². The van der Waals surface area contributed by atoms with Gasteiger partial charge in [-0.1, -0.05) is 25.5 Å². The molecule has 1 aromatic heterocycles. The van der Waals surface area contributed by atoms with Gasteiger partial charge in [-0.25, -0.2) is 18.0 Å². The Morgan fingerprint density at radius 1 is 0.972 bits per heavy atom. The number of rotatable bonds is 6. The van der Waals surface area contributed by atoms with Gasteiger partial charge < -0.3 is 4.90 Å². The zero-order valence-corrected chi connectivity index (χ0v) is 19.1. The van der Waals surface area contributed by atoms with Gasteiger partial charge in [0.25, 0.3) is 0 Å². The predicted molar refractivity (Wildman–Crippen MR) is 117 cm³/mol. The van der Waals surface area contributed by atoms with Crippen molar-refractivity contribution in [2.75, 3.05) is 11.4 Å². The molecule has 0 saturated carbocycles. The fourth-order valence-corrected chi connectivity index (χ4v) is 4.77. The van der Waals surface area contributed by atoms with Gasteiger partial charge in [0, 0.05) is 22.4 Å². The fourth-order valence-electron chi connectivity index (χ4n) is 4.77. The van der Waals surface area contributed by atoms with Gasteiger partial charge in [-0.2, -0.15) is 13.2 Å². The summed E-state index contributed by atoms with van der Waals surface area (Å²) in [5, 5.41) is 9.47. The average Bonchev–Trinajstić information content (AvgIpc) is 2.82. The molecule has 1 N–H and O–H groups in total. The Labute approximate surface area is 202 Å². The van der Waals surface area contributed by atoms with E-state index >= 15 is 4.39 Å². The van der Waals surface area contributed by atoms with E-state index in [1.165, 1.54) is 36.7 Å². The van der Waals surface area contributed by atoms with Gasteiger partial charge in [-0.15, -0.1) is 0 Å². The summed E-state index contributed by atoms with van der Waals surface area (Å²) in [6.07, 6.45) is -2.36. The minimum atomic E-state index is -4.88. The molecule has 1 unspecified atom stereocenters. The molecule has 11 heteroatoms. The van der Waals surface area contributed by atoms with E-state index in [0.717, 1.165) is 33.9 Å². The number of benzene rings is 2. The number of carbonyl (C=O) groups is 1. The number of alkyl halides is 3. The second-order valence-corrected chi connectivity index (χ2v) is 8.53. The summed E-state index contributed by atoms with van der Waals surface area (Å²) in [5.74, 6) is -3.36. The van der Waals surface area contributed by atoms with Crippen LogP contribution >= 0.6 is 0 Å². The minimum Gasteiger partial charge on any atom is -0.301 e. The summed E-state index contributed by atoms with van der Waals surface area (Å²) in [7, 11) is 0. The van der Waals surface area contributed by atoms with E-state index in [2.05, 4.69) is 0 Å². The molecule has 0 spiro atoms. The van der Waals surface area contributed by atoms with Crippen molar-refractivity contribution >= 4 is 11.7 Å². The summed E-state index contributed by atoms with van der Waals surface area (Å²) >= 11 is 0. The molecule has 2 heterocycles. The molecule has 0 saturated heterocycles. The van der Waals surface area contributed by atoms with Crippen LogP contribution in [0.15, 0.2) is 60.9 Å². The summed E-state index contributed by atoms with van der Waals surface area (Å²) in [6, 6.07) is 8.10. The van der Waals surface area contributed by atoms with Crippen LogP contribution in [0.25, 0.3) is 0 Å². The van der Waals surface area contributed by atoms with E-state index in [4.69, 9.17) is 0 Å². The summed E-state index contributed by atoms with van der Waals surface area (Å²) in [6.45, 7) is -0.392. The van der Waals surface area contributed by atoms with Gasteiger partial charge in [0.15, 0.2) is 11.6 Å². The number of hydrogen-bond acceptors (Lipinski definition) is 2. The smallest absolute Gasteiger partial charge is 0.301 e. The molecule has 36 heavy (non-hydrogen) atoms. The topological polar surface area (TPSA) is 47.7 Å². The normalized spacial score (nSPS) is 17.9. The molecular formula is C25H22F6N3O2+. The quantitative estimate of drug-likeness (QED) is 0.264. The molecule has 0 fully saturated rings. The lowest BCUT2D eigenvalue weighted by atomic mass is 9.75. The first-order chi connectivity index (χ1) is 17.0. The van der Waals surface area contributed by atoms with Crippen LogP contribution in [0.5, 0.6) is 0 Å². The summed E-state index contributed by atoms with van der Waals surface area (Å²) in [5.41, 5.74) is -2.16. The molecule has 0 radical (unpaired) electrons. The van der Waals surface area contributed by atoms with Crippen LogP contribution in [0.3, 0.4) is 0 Å². The predicted octanol–water partition coefficient (Wildman–Crippen LogP) is 5.68. The molecule has 2 amide bonds. The van der Waals surface area contributed by atoms with Crippen LogP contribution < -0.4 is 9.63 Å². The fraction of sp³-hybridized carbons (Fsp3) is 0.280. The maximum atomic E-state index is 15.6. The van der Waals surface area contributed by atoms with Crippen molar-refractivity contribution in [2.24, 2.45) is 0 Å². The number of halogens is 6. The summed E-state index contributed by atoms with van der Waals surface area (Å²) < 4.78 is 86.3. The van der Waals surface area contributed by atoms with Crippen molar-refractivity contribution in [1.82, 2.24) is 4.90 Å². The number of nitrogens with zero attached hydrogens (tertiary/aromatic N) is 3. The Balaban J connectivity index is 2.03. The van der Waals surface area contributed by atoms with Crippen LogP contribution in [0.1, 0.15) is 36.5 Å². The highest BCUT2D eigenvalue weighted by Gasteiger charge is 2.54. The van der Waals surface area contributed by atoms with Gasteiger partial charge in [0.2, 0.25) is 12.4 Å². The highest BCUT2D eigenvalue weighted by Crippen LogP contribution is 2.51. The molecule has 2 aromatic carbocycles. The molecule has 3 aromatic rings. The Bertz CT molecular complexity index is 1260. The Hall–Kier alpha value is -3.76. The molecule has 190 valence electrons. The maximum absolute atomic E-state index is 15.6. The second-order valence-electron chi connectivity index (χ2n) is 8.53. The van der Waals surface area contributed by atoms with Gasteiger partial charge in [0.1, 0.15) is 17.9 Å². The molecule has 0 bridgehead atoms. The van der Waals surface area contributed by atoms with E-state index in [-0.39, 0.29) is 30.6 Å². The van der Waals surface area contributed by atoms with Crippen LogP contribution in [0.2, 0.25) is 0 Å². The molecule has 5 nitrogen and oxygen atoms in total. The highest BCUT2D eigenvalue weighted by molar-refractivity contribution is 5.97. The van der Waals surface area contributed by atoms with E-state index < -0.39 is 47.3 Å². The number of carbonyl (C=O) groups excluding carboxylic acids is 1. The van der Waals surface area contributed by atoms with Crippen LogP contribution in [-0.2, 0) is 12.1 Å². The largest absolute Gasteiger partial charge is 0.406 e. The standard InChI is InChI=1S/C25H22F6N3O2/c1-2-11-24(17-3-5-18(26)6-4-17)21-20(8-7-19(27)22(21)28)33(14-16-9-12-32(36)13-10-16)23(35)34(24)15-25(29,30)31/h3-10,12-13,36H,2,11,14-15H2,1H3/q+1. The maximum Gasteiger partial charge on any atom is 0.406 e. The number of anilines is 1. The van der Waals surface area contributed by atoms with Crippen molar-refractivity contribution in [1.29, 1.82) is 0 Å². The van der Waals surface area contributed by atoms with Gasteiger partial charge in [-0.3, -0.25) is 10.1 Å². The summed E-state index contributed by atoms with van der Waals surface area (Å²) in [4.78, 5) is 15.2. The lowest BCUT2D eigenvalue weighted by molar-refractivity contribution is -0.904. The van der Waals surface area contributed by atoms with E-state index in [1.54, 1.807) is 6.92 Å². The minimum absolute atomic E-state index is 0.0229. The second kappa shape index (κ2) is 9.36. The molecule has 1 aliphatic heterocycles. The van der Waals surface area contributed by atoms with E-state index in [1.807, 2.05) is 0 Å². The lowest BCUT2D eigenvalue weighted by Crippen LogP contribution is -2.61. The molecule has 0 aliphatic carbocycles. The Morgan fingerprint density at radius 3 is 2.19 bits per heavy atom. The van der Waals surface area contributed by atoms with Crippen molar-refractivity contribution in [2.45, 2.75) is 38.0 Å². The first-order valence-corrected chi connectivity index (χ1v) is 11.1.